The average molecular weight is 264 g/mol. The molecule has 1 aliphatic rings. The maximum absolute atomic E-state index is 13.2. The maximum Gasteiger partial charge on any atom is 0.266 e. The third kappa shape index (κ3) is 2.54. The minimum absolute atomic E-state index is 0.196. The van der Waals surface area contributed by atoms with Crippen molar-refractivity contribution < 1.29 is 10.2 Å². The predicted octanol–water partition coefficient (Wildman–Crippen LogP) is 1.77. The zero-order chi connectivity index (χ0) is 14.1. The fraction of sp³-hybridized carbons (Fsp3) is 0.500. The van der Waals surface area contributed by atoms with Gasteiger partial charge in [-0.05, 0) is 25.8 Å². The predicted molar refractivity (Wildman–Crippen MR) is 66.4 cm³/mol. The van der Waals surface area contributed by atoms with Crippen molar-refractivity contribution in [2.45, 2.75) is 25.9 Å². The van der Waals surface area contributed by atoms with Crippen molar-refractivity contribution in [2.24, 2.45) is 0 Å². The summed E-state index contributed by atoms with van der Waals surface area (Å²) in [5, 5.41) is 7.25. The van der Waals surface area contributed by atoms with Crippen LogP contribution in [0.3, 0.4) is 0 Å². The molecule has 3 rings (SSSR count). The van der Waals surface area contributed by atoms with Gasteiger partial charge in [-0.1, -0.05) is 0 Å². The molecule has 2 aromatic rings. The first-order chi connectivity index (χ1) is 9.61. The molecule has 1 aliphatic heterocycles. The lowest BCUT2D eigenvalue weighted by Gasteiger charge is -2.28. The lowest BCUT2D eigenvalue weighted by Crippen LogP contribution is -2.35. The third-order valence-corrected chi connectivity index (χ3v) is 3.09. The summed E-state index contributed by atoms with van der Waals surface area (Å²) in [4.78, 5) is 10.7. The summed E-state index contributed by atoms with van der Waals surface area (Å²) < 4.78 is 25.5. The first-order valence-corrected chi connectivity index (χ1v) is 6.17. The molecular formula is C12H14FN5O. The molecule has 0 radical (unpaired) electrons. The van der Waals surface area contributed by atoms with Gasteiger partial charge < -0.3 is 9.32 Å². The van der Waals surface area contributed by atoms with Crippen LogP contribution < -0.4 is 4.90 Å². The third-order valence-electron chi connectivity index (χ3n) is 3.09. The van der Waals surface area contributed by atoms with Gasteiger partial charge in [0.25, 0.3) is 5.89 Å². The van der Waals surface area contributed by atoms with Crippen molar-refractivity contribution >= 4 is 5.95 Å². The van der Waals surface area contributed by atoms with Gasteiger partial charge >= 0.3 is 0 Å². The number of nitrogens with zero attached hydrogens (tertiary/aromatic N) is 5. The van der Waals surface area contributed by atoms with Crippen molar-refractivity contribution in [3.05, 3.63) is 18.1 Å². The highest BCUT2D eigenvalue weighted by Gasteiger charge is 2.21. The smallest absolute Gasteiger partial charge is 0.266 e. The van der Waals surface area contributed by atoms with Gasteiger partial charge in [-0.2, -0.15) is 0 Å². The van der Waals surface area contributed by atoms with Crippen LogP contribution in [0.15, 0.2) is 16.9 Å². The largest absolute Gasteiger partial charge is 0.422 e. The number of aromatic nitrogens is 4. The molecule has 0 saturated carbocycles. The standard InChI is InChI=1S/C12H14FN5O/c1-8-6-10(11-17-14-7-19-11)16-12(15-8)18-4-2-9(13)3-5-18/h6-7,9H,2-5H2,1H3/i7D. The number of hydrogen-bond acceptors (Lipinski definition) is 6. The van der Waals surface area contributed by atoms with E-state index in [2.05, 4.69) is 20.2 Å². The van der Waals surface area contributed by atoms with Gasteiger partial charge in [0, 0.05) is 18.8 Å². The zero-order valence-corrected chi connectivity index (χ0v) is 10.5. The Morgan fingerprint density at radius 2 is 2.21 bits per heavy atom. The normalized spacial score (nSPS) is 17.6. The van der Waals surface area contributed by atoms with Crippen LogP contribution in [-0.2, 0) is 0 Å². The van der Waals surface area contributed by atoms with Gasteiger partial charge in [-0.25, -0.2) is 14.4 Å². The minimum Gasteiger partial charge on any atom is -0.422 e. The molecule has 19 heavy (non-hydrogen) atoms. The molecule has 1 saturated heterocycles. The van der Waals surface area contributed by atoms with Crippen molar-refractivity contribution in [1.82, 2.24) is 20.2 Å². The van der Waals surface area contributed by atoms with Crippen molar-refractivity contribution in [2.75, 3.05) is 18.0 Å². The lowest BCUT2D eigenvalue weighted by atomic mass is 10.1. The van der Waals surface area contributed by atoms with Gasteiger partial charge in [0.15, 0.2) is 0 Å². The minimum atomic E-state index is -0.739. The monoisotopic (exact) mass is 264 g/mol. The van der Waals surface area contributed by atoms with Crippen molar-refractivity contribution in [3.8, 4) is 11.6 Å². The first-order valence-electron chi connectivity index (χ1n) is 6.67. The molecule has 6 nitrogen and oxygen atoms in total. The summed E-state index contributed by atoms with van der Waals surface area (Å²) in [6.07, 6.45) is -0.0119. The molecule has 1 fully saturated rings. The van der Waals surface area contributed by atoms with E-state index in [0.29, 0.717) is 37.6 Å². The summed E-state index contributed by atoms with van der Waals surface area (Å²) in [6.45, 7) is 3.03. The number of piperidine rings is 1. The molecule has 3 heterocycles. The van der Waals surface area contributed by atoms with E-state index >= 15 is 0 Å². The number of aryl methyl sites for hydroxylation is 1. The number of alkyl halides is 1. The van der Waals surface area contributed by atoms with E-state index in [1.54, 1.807) is 6.07 Å². The van der Waals surface area contributed by atoms with Crippen LogP contribution in [-0.4, -0.2) is 39.4 Å². The Balaban J connectivity index is 1.90. The zero-order valence-electron chi connectivity index (χ0n) is 11.5. The summed E-state index contributed by atoms with van der Waals surface area (Å²) in [5.41, 5.74) is 1.25. The molecule has 0 amide bonds. The fourth-order valence-electron chi connectivity index (χ4n) is 2.11. The molecule has 100 valence electrons. The first kappa shape index (κ1) is 10.8. The van der Waals surface area contributed by atoms with Crippen molar-refractivity contribution in [1.29, 1.82) is 0 Å². The molecule has 0 aromatic carbocycles. The van der Waals surface area contributed by atoms with E-state index in [4.69, 9.17) is 5.79 Å². The molecule has 0 N–H and O–H groups in total. The second kappa shape index (κ2) is 4.91. The van der Waals surface area contributed by atoms with E-state index in [-0.39, 0.29) is 12.3 Å². The molecule has 0 aliphatic carbocycles. The number of anilines is 1. The quantitative estimate of drug-likeness (QED) is 0.823. The molecule has 0 spiro atoms. The molecule has 7 heteroatoms. The van der Waals surface area contributed by atoms with Crippen LogP contribution in [0.1, 0.15) is 19.9 Å². The van der Waals surface area contributed by atoms with Crippen LogP contribution >= 0.6 is 0 Å². The Hall–Kier alpha value is -2.05. The molecular weight excluding hydrogens is 249 g/mol. The molecule has 0 unspecified atom stereocenters. The van der Waals surface area contributed by atoms with Gasteiger partial charge in [0.1, 0.15) is 13.2 Å². The van der Waals surface area contributed by atoms with E-state index in [0.717, 1.165) is 5.69 Å². The number of hydrogen-bond donors (Lipinski definition) is 0. The van der Waals surface area contributed by atoms with Gasteiger partial charge in [-0.3, -0.25) is 0 Å². The second-order valence-corrected chi connectivity index (χ2v) is 4.55. The molecule has 2 aromatic heterocycles. The Bertz CT molecular complexity index is 612. The Labute approximate surface area is 111 Å². The van der Waals surface area contributed by atoms with Crippen LogP contribution in [0.2, 0.25) is 0 Å². The lowest BCUT2D eigenvalue weighted by molar-refractivity contribution is 0.276. The summed E-state index contributed by atoms with van der Waals surface area (Å²) in [5.74, 6) is 0.735. The highest BCUT2D eigenvalue weighted by molar-refractivity contribution is 5.50. The number of rotatable bonds is 2. The topological polar surface area (TPSA) is 67.9 Å². The maximum atomic E-state index is 13.2. The average Bonchev–Trinajstić information content (AvgIpc) is 2.85. The SMILES string of the molecule is [2H]c1nnc(-c2cc(C)nc(N3CCC(F)CC3)n2)o1. The highest BCUT2D eigenvalue weighted by atomic mass is 19.1. The Kier molecular flexibility index (Phi) is 2.80. The highest BCUT2D eigenvalue weighted by Crippen LogP contribution is 2.22. The van der Waals surface area contributed by atoms with E-state index in [1.165, 1.54) is 0 Å². The van der Waals surface area contributed by atoms with Crippen LogP contribution in [0.5, 0.6) is 0 Å². The number of halogens is 1. The van der Waals surface area contributed by atoms with Gasteiger partial charge in [-0.15, -0.1) is 10.2 Å². The summed E-state index contributed by atoms with van der Waals surface area (Å²) >= 11 is 0. The van der Waals surface area contributed by atoms with Crippen LogP contribution in [0.25, 0.3) is 11.6 Å². The van der Waals surface area contributed by atoms with Crippen molar-refractivity contribution in [3.63, 3.8) is 0 Å². The van der Waals surface area contributed by atoms with E-state index in [1.807, 2.05) is 11.8 Å². The summed E-state index contributed by atoms with van der Waals surface area (Å²) in [7, 11) is 0. The van der Waals surface area contributed by atoms with Crippen LogP contribution in [0, 0.1) is 6.92 Å². The van der Waals surface area contributed by atoms with Gasteiger partial charge in [0.2, 0.25) is 12.3 Å². The summed E-state index contributed by atoms with van der Waals surface area (Å²) in [6, 6.07) is 1.72. The fourth-order valence-corrected chi connectivity index (χ4v) is 2.11. The van der Waals surface area contributed by atoms with E-state index in [9.17, 15) is 4.39 Å². The molecule has 0 bridgehead atoms. The second-order valence-electron chi connectivity index (χ2n) is 4.55. The van der Waals surface area contributed by atoms with Gasteiger partial charge in [0.05, 0.1) is 0 Å². The van der Waals surface area contributed by atoms with E-state index < -0.39 is 6.17 Å². The van der Waals surface area contributed by atoms with Crippen LogP contribution in [0.4, 0.5) is 10.3 Å². The molecule has 0 atom stereocenters. The Morgan fingerprint density at radius 3 is 2.89 bits per heavy atom. The Morgan fingerprint density at radius 1 is 1.42 bits per heavy atom.